The highest BCUT2D eigenvalue weighted by molar-refractivity contribution is 9.10. The predicted octanol–water partition coefficient (Wildman–Crippen LogP) is 3.94. The lowest BCUT2D eigenvalue weighted by Crippen LogP contribution is -2.36. The topological polar surface area (TPSA) is 43.3 Å². The van der Waals surface area contributed by atoms with Gasteiger partial charge in [-0.25, -0.2) is 9.36 Å². The van der Waals surface area contributed by atoms with E-state index in [4.69, 9.17) is 9.15 Å². The van der Waals surface area contributed by atoms with Crippen molar-refractivity contribution in [2.24, 2.45) is 0 Å². The first-order chi connectivity index (χ1) is 12.0. The van der Waals surface area contributed by atoms with E-state index in [1.54, 1.807) is 0 Å². The van der Waals surface area contributed by atoms with Crippen LogP contribution in [-0.2, 0) is 6.54 Å². The molecule has 0 radical (unpaired) electrons. The third kappa shape index (κ3) is 2.67. The van der Waals surface area contributed by atoms with Gasteiger partial charge in [0, 0.05) is 28.6 Å². The molecule has 1 atom stereocenters. The largest absolute Gasteiger partial charge is 0.492 e. The lowest BCUT2D eigenvalue weighted by Gasteiger charge is -2.11. The summed E-state index contributed by atoms with van der Waals surface area (Å²) in [6.07, 6.45) is 4.20. The fourth-order valence-corrected chi connectivity index (χ4v) is 3.75. The van der Waals surface area contributed by atoms with Crippen LogP contribution in [0.25, 0.3) is 11.0 Å². The van der Waals surface area contributed by atoms with Gasteiger partial charge in [-0.15, -0.1) is 0 Å². The van der Waals surface area contributed by atoms with Gasteiger partial charge in [0.25, 0.3) is 0 Å². The SMILES string of the molecule is Cc1cc[n+](CC2COc3c2cc2c(C)c(Br)c(=O)oc2c3C)cc1. The van der Waals surface area contributed by atoms with Crippen LogP contribution in [-0.4, -0.2) is 6.61 Å². The van der Waals surface area contributed by atoms with Gasteiger partial charge in [-0.1, -0.05) is 0 Å². The van der Waals surface area contributed by atoms with Crippen LogP contribution < -0.4 is 14.9 Å². The number of aromatic nitrogens is 1. The predicted molar refractivity (Wildman–Crippen MR) is 99.3 cm³/mol. The summed E-state index contributed by atoms with van der Waals surface area (Å²) >= 11 is 3.34. The molecule has 4 nitrogen and oxygen atoms in total. The van der Waals surface area contributed by atoms with E-state index < -0.39 is 0 Å². The molecule has 0 spiro atoms. The molecule has 4 rings (SSSR count). The molecule has 0 N–H and O–H groups in total. The minimum atomic E-state index is -0.349. The van der Waals surface area contributed by atoms with Crippen molar-refractivity contribution < 1.29 is 13.7 Å². The van der Waals surface area contributed by atoms with E-state index in [9.17, 15) is 4.79 Å². The number of pyridine rings is 1. The molecule has 3 heterocycles. The summed E-state index contributed by atoms with van der Waals surface area (Å²) in [6, 6.07) is 6.34. The molecule has 0 fully saturated rings. The highest BCUT2D eigenvalue weighted by atomic mass is 79.9. The van der Waals surface area contributed by atoms with Crippen molar-refractivity contribution in [3.63, 3.8) is 0 Å². The van der Waals surface area contributed by atoms with Crippen LogP contribution in [0.15, 0.2) is 44.3 Å². The van der Waals surface area contributed by atoms with Crippen molar-refractivity contribution in [3.05, 3.63) is 67.7 Å². The number of benzene rings is 1. The van der Waals surface area contributed by atoms with E-state index >= 15 is 0 Å². The molecular formula is C20H19BrNO3+. The van der Waals surface area contributed by atoms with E-state index in [0.29, 0.717) is 16.7 Å². The Morgan fingerprint density at radius 1 is 1.20 bits per heavy atom. The van der Waals surface area contributed by atoms with Gasteiger partial charge in [-0.3, -0.25) is 0 Å². The van der Waals surface area contributed by atoms with Crippen LogP contribution in [0, 0.1) is 20.8 Å². The monoisotopic (exact) mass is 400 g/mol. The highest BCUT2D eigenvalue weighted by Gasteiger charge is 2.31. The van der Waals surface area contributed by atoms with Gasteiger partial charge in [0.2, 0.25) is 0 Å². The second-order valence-corrected chi connectivity index (χ2v) is 7.50. The second kappa shape index (κ2) is 5.99. The molecule has 1 aliphatic rings. The molecule has 5 heteroatoms. The Morgan fingerprint density at radius 3 is 2.64 bits per heavy atom. The maximum Gasteiger partial charge on any atom is 0.350 e. The number of hydrogen-bond donors (Lipinski definition) is 0. The quantitative estimate of drug-likeness (QED) is 0.483. The Hall–Kier alpha value is -2.14. The number of ether oxygens (including phenoxy) is 1. The normalized spacial score (nSPS) is 16.1. The smallest absolute Gasteiger partial charge is 0.350 e. The van der Waals surface area contributed by atoms with E-state index in [-0.39, 0.29) is 11.5 Å². The fraction of sp³-hybridized carbons (Fsp3) is 0.300. The van der Waals surface area contributed by atoms with Crippen molar-refractivity contribution in [1.82, 2.24) is 0 Å². The van der Waals surface area contributed by atoms with Gasteiger partial charge < -0.3 is 9.15 Å². The first kappa shape index (κ1) is 16.3. The Bertz CT molecular complexity index is 1040. The maximum absolute atomic E-state index is 12.0. The minimum absolute atomic E-state index is 0.274. The number of hydrogen-bond acceptors (Lipinski definition) is 3. The van der Waals surface area contributed by atoms with Crippen molar-refractivity contribution >= 4 is 26.9 Å². The second-order valence-electron chi connectivity index (χ2n) is 6.71. The highest BCUT2D eigenvalue weighted by Crippen LogP contribution is 2.41. The molecule has 1 aliphatic heterocycles. The molecule has 1 unspecified atom stereocenters. The Morgan fingerprint density at radius 2 is 1.92 bits per heavy atom. The summed E-state index contributed by atoms with van der Waals surface area (Å²) in [5, 5.41) is 0.965. The molecule has 3 aromatic rings. The van der Waals surface area contributed by atoms with Crippen LogP contribution in [0.2, 0.25) is 0 Å². The Balaban J connectivity index is 1.83. The van der Waals surface area contributed by atoms with Gasteiger partial charge in [-0.2, -0.15) is 0 Å². The third-order valence-corrected chi connectivity index (χ3v) is 5.87. The molecule has 25 heavy (non-hydrogen) atoms. The standard InChI is InChI=1S/C20H19BrNO3/c1-11-4-6-22(7-5-11)9-14-10-24-18-13(3)19-15(8-16(14)18)12(2)17(21)20(23)25-19/h4-8,14H,9-10H2,1-3H3/q+1. The number of rotatable bonds is 2. The summed E-state index contributed by atoms with van der Waals surface area (Å²) in [7, 11) is 0. The Kier molecular flexibility index (Phi) is 3.91. The minimum Gasteiger partial charge on any atom is -0.492 e. The van der Waals surface area contributed by atoms with E-state index in [2.05, 4.69) is 58.0 Å². The van der Waals surface area contributed by atoms with Crippen molar-refractivity contribution in [2.75, 3.05) is 6.61 Å². The molecule has 0 saturated heterocycles. The fourth-order valence-electron chi connectivity index (χ4n) is 3.45. The molecule has 0 amide bonds. The van der Waals surface area contributed by atoms with Crippen molar-refractivity contribution in [3.8, 4) is 5.75 Å². The summed E-state index contributed by atoms with van der Waals surface area (Å²) in [6.45, 7) is 7.48. The summed E-state index contributed by atoms with van der Waals surface area (Å²) in [4.78, 5) is 12.0. The van der Waals surface area contributed by atoms with E-state index in [1.807, 2.05) is 13.8 Å². The maximum atomic E-state index is 12.0. The van der Waals surface area contributed by atoms with Crippen LogP contribution >= 0.6 is 15.9 Å². The van der Waals surface area contributed by atoms with Gasteiger partial charge in [-0.05, 0) is 53.9 Å². The molecule has 128 valence electrons. The number of aryl methyl sites for hydroxylation is 3. The Labute approximate surface area is 154 Å². The zero-order chi connectivity index (χ0) is 17.7. The van der Waals surface area contributed by atoms with Gasteiger partial charge in [0.05, 0.1) is 5.92 Å². The summed E-state index contributed by atoms with van der Waals surface area (Å²) in [5.74, 6) is 1.13. The molecule has 0 saturated carbocycles. The number of fused-ring (bicyclic) bond motifs is 2. The van der Waals surface area contributed by atoms with Crippen molar-refractivity contribution in [2.45, 2.75) is 33.2 Å². The summed E-state index contributed by atoms with van der Waals surface area (Å²) in [5.41, 5.74) is 4.51. The zero-order valence-electron chi connectivity index (χ0n) is 14.4. The third-order valence-electron chi connectivity index (χ3n) is 4.95. The van der Waals surface area contributed by atoms with Crippen LogP contribution in [0.3, 0.4) is 0 Å². The molecular weight excluding hydrogens is 382 g/mol. The number of nitrogens with zero attached hydrogens (tertiary/aromatic N) is 1. The van der Waals surface area contributed by atoms with Gasteiger partial charge in [0.1, 0.15) is 22.4 Å². The first-order valence-electron chi connectivity index (χ1n) is 8.30. The first-order valence-corrected chi connectivity index (χ1v) is 9.10. The lowest BCUT2D eigenvalue weighted by atomic mass is 9.95. The van der Waals surface area contributed by atoms with E-state index in [0.717, 1.165) is 28.8 Å². The molecule has 0 aliphatic carbocycles. The molecule has 1 aromatic carbocycles. The van der Waals surface area contributed by atoms with Gasteiger partial charge in [0.15, 0.2) is 18.9 Å². The molecule has 2 aromatic heterocycles. The zero-order valence-corrected chi connectivity index (χ0v) is 16.0. The van der Waals surface area contributed by atoms with Crippen molar-refractivity contribution in [1.29, 1.82) is 0 Å². The van der Waals surface area contributed by atoms with Crippen LogP contribution in [0.4, 0.5) is 0 Å². The summed E-state index contributed by atoms with van der Waals surface area (Å²) < 4.78 is 14.1. The average Bonchev–Trinajstić information content (AvgIpc) is 2.99. The number of halogens is 1. The van der Waals surface area contributed by atoms with Crippen LogP contribution in [0.1, 0.15) is 28.2 Å². The van der Waals surface area contributed by atoms with E-state index in [1.165, 1.54) is 11.1 Å². The van der Waals surface area contributed by atoms with Gasteiger partial charge >= 0.3 is 5.63 Å². The lowest BCUT2D eigenvalue weighted by molar-refractivity contribution is -0.699. The molecule has 0 bridgehead atoms. The average molecular weight is 401 g/mol. The van der Waals surface area contributed by atoms with Crippen LogP contribution in [0.5, 0.6) is 5.75 Å².